The van der Waals surface area contributed by atoms with Gasteiger partial charge in [-0.05, 0) is 44.9 Å². The fraction of sp³-hybridized carbons (Fsp3) is 0.750. The summed E-state index contributed by atoms with van der Waals surface area (Å²) in [5.41, 5.74) is 1.64. The molecule has 1 N–H and O–H groups in total. The van der Waals surface area contributed by atoms with Crippen LogP contribution in [-0.2, 0) is 10.3 Å². The molecule has 0 unspecified atom stereocenters. The van der Waals surface area contributed by atoms with Gasteiger partial charge in [0.1, 0.15) is 5.60 Å². The van der Waals surface area contributed by atoms with Crippen molar-refractivity contribution in [3.8, 4) is 0 Å². The molecule has 0 amide bonds. The molecule has 1 aliphatic rings. The standard InChI is InChI=1S/C16H26N2O2/c1-11-13(12(2)19)10-17-14(18-11)16(20-5)8-6-15(3,4)7-9-16/h10,12,19H,6-9H2,1-5H3/t12-/m1/s1. The maximum atomic E-state index is 9.68. The second-order valence-corrected chi connectivity index (χ2v) is 6.77. The van der Waals surface area contributed by atoms with E-state index in [2.05, 4.69) is 23.8 Å². The smallest absolute Gasteiger partial charge is 0.160 e. The Hall–Kier alpha value is -1.00. The van der Waals surface area contributed by atoms with Gasteiger partial charge in [0.05, 0.1) is 6.10 Å². The first-order valence-electron chi connectivity index (χ1n) is 7.37. The van der Waals surface area contributed by atoms with Crippen LogP contribution in [0.15, 0.2) is 6.20 Å². The molecule has 1 atom stereocenters. The van der Waals surface area contributed by atoms with Crippen LogP contribution in [0.5, 0.6) is 0 Å². The summed E-state index contributed by atoms with van der Waals surface area (Å²) in [6.07, 6.45) is 5.33. The summed E-state index contributed by atoms with van der Waals surface area (Å²) in [7, 11) is 1.75. The Morgan fingerprint density at radius 1 is 1.25 bits per heavy atom. The number of nitrogens with zero attached hydrogens (tertiary/aromatic N) is 2. The largest absolute Gasteiger partial charge is 0.389 e. The number of methoxy groups -OCH3 is 1. The molecule has 112 valence electrons. The molecule has 20 heavy (non-hydrogen) atoms. The Bertz CT molecular complexity index is 473. The maximum absolute atomic E-state index is 9.68. The van der Waals surface area contributed by atoms with Gasteiger partial charge in [-0.3, -0.25) is 0 Å². The molecule has 1 saturated carbocycles. The van der Waals surface area contributed by atoms with Crippen molar-refractivity contribution in [1.82, 2.24) is 9.97 Å². The minimum atomic E-state index is -0.534. The lowest BCUT2D eigenvalue weighted by molar-refractivity contribution is -0.0731. The summed E-state index contributed by atoms with van der Waals surface area (Å²) >= 11 is 0. The first-order valence-corrected chi connectivity index (χ1v) is 7.37. The van der Waals surface area contributed by atoms with Crippen LogP contribution in [0, 0.1) is 12.3 Å². The van der Waals surface area contributed by atoms with E-state index in [9.17, 15) is 5.11 Å². The highest BCUT2D eigenvalue weighted by atomic mass is 16.5. The molecule has 0 aromatic carbocycles. The highest BCUT2D eigenvalue weighted by molar-refractivity contribution is 5.20. The Morgan fingerprint density at radius 2 is 1.85 bits per heavy atom. The summed E-state index contributed by atoms with van der Waals surface area (Å²) in [5.74, 6) is 0.761. The third kappa shape index (κ3) is 2.86. The number of rotatable bonds is 3. The van der Waals surface area contributed by atoms with E-state index in [1.54, 1.807) is 20.2 Å². The fourth-order valence-corrected chi connectivity index (χ4v) is 2.96. The number of hydrogen-bond donors (Lipinski definition) is 1. The third-order valence-electron chi connectivity index (χ3n) is 4.68. The number of aliphatic hydroxyl groups is 1. The second kappa shape index (κ2) is 5.41. The minimum Gasteiger partial charge on any atom is -0.389 e. The zero-order chi connectivity index (χ0) is 15.0. The van der Waals surface area contributed by atoms with Gasteiger partial charge in [-0.25, -0.2) is 9.97 Å². The predicted octanol–water partition coefficient (Wildman–Crippen LogP) is 3.28. The van der Waals surface area contributed by atoms with Crippen LogP contribution in [0.25, 0.3) is 0 Å². The van der Waals surface area contributed by atoms with Gasteiger partial charge in [0.15, 0.2) is 5.82 Å². The molecule has 1 aromatic heterocycles. The third-order valence-corrected chi connectivity index (χ3v) is 4.68. The van der Waals surface area contributed by atoms with Gasteiger partial charge in [-0.15, -0.1) is 0 Å². The highest BCUT2D eigenvalue weighted by Crippen LogP contribution is 2.46. The number of hydrogen-bond acceptors (Lipinski definition) is 4. The van der Waals surface area contributed by atoms with Gasteiger partial charge in [0, 0.05) is 24.6 Å². The van der Waals surface area contributed by atoms with E-state index < -0.39 is 6.10 Å². The van der Waals surface area contributed by atoms with Crippen LogP contribution in [0.1, 0.15) is 69.6 Å². The van der Waals surface area contributed by atoms with Gasteiger partial charge in [-0.1, -0.05) is 13.8 Å². The Balaban J connectivity index is 2.31. The van der Waals surface area contributed by atoms with Gasteiger partial charge >= 0.3 is 0 Å². The molecule has 2 rings (SSSR count). The van der Waals surface area contributed by atoms with Crippen molar-refractivity contribution in [2.45, 2.75) is 65.1 Å². The number of aryl methyl sites for hydroxylation is 1. The summed E-state index contributed by atoms with van der Waals surface area (Å²) in [5, 5.41) is 9.68. The number of ether oxygens (including phenoxy) is 1. The molecule has 0 radical (unpaired) electrons. The van der Waals surface area contributed by atoms with Crippen molar-refractivity contribution in [3.63, 3.8) is 0 Å². The Morgan fingerprint density at radius 3 is 2.30 bits per heavy atom. The van der Waals surface area contributed by atoms with Crippen molar-refractivity contribution >= 4 is 0 Å². The normalized spacial score (nSPS) is 22.5. The van der Waals surface area contributed by atoms with Gasteiger partial charge in [0.2, 0.25) is 0 Å². The molecule has 1 heterocycles. The molecule has 1 aliphatic carbocycles. The molecule has 0 saturated heterocycles. The quantitative estimate of drug-likeness (QED) is 0.922. The van der Waals surface area contributed by atoms with Crippen LogP contribution in [-0.4, -0.2) is 22.2 Å². The lowest BCUT2D eigenvalue weighted by Gasteiger charge is -2.41. The van der Waals surface area contributed by atoms with E-state index in [4.69, 9.17) is 4.74 Å². The summed E-state index contributed by atoms with van der Waals surface area (Å²) in [6, 6.07) is 0. The SMILES string of the molecule is COC1(c2ncc([C@@H](C)O)c(C)n2)CCC(C)(C)CC1. The average Bonchev–Trinajstić information content (AvgIpc) is 2.39. The monoisotopic (exact) mass is 278 g/mol. The van der Waals surface area contributed by atoms with E-state index in [1.807, 2.05) is 6.92 Å². The molecule has 1 fully saturated rings. The van der Waals surface area contributed by atoms with Gasteiger partial charge in [-0.2, -0.15) is 0 Å². The van der Waals surface area contributed by atoms with Crippen molar-refractivity contribution < 1.29 is 9.84 Å². The molecule has 0 aliphatic heterocycles. The number of aromatic nitrogens is 2. The van der Waals surface area contributed by atoms with Crippen molar-refractivity contribution in [3.05, 3.63) is 23.3 Å². The zero-order valence-corrected chi connectivity index (χ0v) is 13.2. The molecule has 1 aromatic rings. The summed E-state index contributed by atoms with van der Waals surface area (Å²) < 4.78 is 5.83. The van der Waals surface area contributed by atoms with E-state index in [0.29, 0.717) is 5.41 Å². The number of aliphatic hydroxyl groups excluding tert-OH is 1. The zero-order valence-electron chi connectivity index (χ0n) is 13.2. The van der Waals surface area contributed by atoms with E-state index in [1.165, 1.54) is 0 Å². The molecular weight excluding hydrogens is 252 g/mol. The van der Waals surface area contributed by atoms with Crippen molar-refractivity contribution in [1.29, 1.82) is 0 Å². The average molecular weight is 278 g/mol. The molecule has 4 heteroatoms. The lowest BCUT2D eigenvalue weighted by Crippen LogP contribution is -2.38. The van der Waals surface area contributed by atoms with Crippen LogP contribution in [0.3, 0.4) is 0 Å². The lowest BCUT2D eigenvalue weighted by atomic mass is 9.70. The van der Waals surface area contributed by atoms with Crippen molar-refractivity contribution in [2.24, 2.45) is 5.41 Å². The second-order valence-electron chi connectivity index (χ2n) is 6.77. The summed E-state index contributed by atoms with van der Waals surface area (Å²) in [4.78, 5) is 9.09. The molecule has 0 spiro atoms. The fourth-order valence-electron chi connectivity index (χ4n) is 2.96. The highest BCUT2D eigenvalue weighted by Gasteiger charge is 2.42. The van der Waals surface area contributed by atoms with Crippen LogP contribution in [0.4, 0.5) is 0 Å². The van der Waals surface area contributed by atoms with E-state index in [-0.39, 0.29) is 5.60 Å². The maximum Gasteiger partial charge on any atom is 0.160 e. The van der Waals surface area contributed by atoms with Gasteiger partial charge in [0.25, 0.3) is 0 Å². The predicted molar refractivity (Wildman–Crippen MR) is 78.3 cm³/mol. The molecular formula is C16H26N2O2. The van der Waals surface area contributed by atoms with Crippen LogP contribution >= 0.6 is 0 Å². The molecule has 4 nitrogen and oxygen atoms in total. The first kappa shape index (κ1) is 15.4. The van der Waals surface area contributed by atoms with Crippen molar-refractivity contribution in [2.75, 3.05) is 7.11 Å². The van der Waals surface area contributed by atoms with E-state index in [0.717, 1.165) is 42.8 Å². The van der Waals surface area contributed by atoms with Crippen LogP contribution < -0.4 is 0 Å². The Labute approximate surface area is 121 Å². The first-order chi connectivity index (χ1) is 9.30. The Kier molecular flexibility index (Phi) is 4.17. The van der Waals surface area contributed by atoms with Gasteiger partial charge < -0.3 is 9.84 Å². The minimum absolute atomic E-state index is 0.364. The summed E-state index contributed by atoms with van der Waals surface area (Å²) in [6.45, 7) is 8.26. The van der Waals surface area contributed by atoms with E-state index >= 15 is 0 Å². The topological polar surface area (TPSA) is 55.2 Å². The molecule has 0 bridgehead atoms. The van der Waals surface area contributed by atoms with Crippen LogP contribution in [0.2, 0.25) is 0 Å².